The number of hydrogen-bond donors (Lipinski definition) is 1. The lowest BCUT2D eigenvalue weighted by atomic mass is 10.0. The van der Waals surface area contributed by atoms with Gasteiger partial charge in [0.1, 0.15) is 6.10 Å². The molecule has 2 unspecified atom stereocenters. The molecule has 1 heterocycles. The van der Waals surface area contributed by atoms with Crippen LogP contribution in [0.4, 0.5) is 0 Å². The van der Waals surface area contributed by atoms with Gasteiger partial charge < -0.3 is 10.1 Å². The van der Waals surface area contributed by atoms with E-state index >= 15 is 0 Å². The summed E-state index contributed by atoms with van der Waals surface area (Å²) in [4.78, 5) is 9.43. The standard InChI is InChI=1S/C16H27N3O/c1-4-8-15(20-5-2)16-18-11-12-13(17-3)9-6-7-10-14(12)19-16/h11,13,15,17H,4-10H2,1-3H3. The molecule has 1 aliphatic carbocycles. The first-order valence-electron chi connectivity index (χ1n) is 7.94. The van der Waals surface area contributed by atoms with Crippen molar-refractivity contribution in [2.75, 3.05) is 13.7 Å². The molecule has 4 heteroatoms. The van der Waals surface area contributed by atoms with E-state index in [4.69, 9.17) is 9.72 Å². The van der Waals surface area contributed by atoms with Gasteiger partial charge in [0.05, 0.1) is 0 Å². The van der Waals surface area contributed by atoms with Crippen LogP contribution < -0.4 is 5.32 Å². The summed E-state index contributed by atoms with van der Waals surface area (Å²) >= 11 is 0. The Morgan fingerprint density at radius 1 is 1.40 bits per heavy atom. The molecule has 0 aromatic carbocycles. The average molecular weight is 277 g/mol. The average Bonchev–Trinajstić information content (AvgIpc) is 2.68. The van der Waals surface area contributed by atoms with Gasteiger partial charge in [0.2, 0.25) is 0 Å². The topological polar surface area (TPSA) is 47.0 Å². The second-order valence-corrected chi connectivity index (χ2v) is 5.45. The molecule has 0 amide bonds. The largest absolute Gasteiger partial charge is 0.371 e. The van der Waals surface area contributed by atoms with Gasteiger partial charge in [-0.15, -0.1) is 0 Å². The Kier molecular flexibility index (Phi) is 5.92. The number of aryl methyl sites for hydroxylation is 1. The molecule has 2 rings (SSSR count). The van der Waals surface area contributed by atoms with E-state index in [-0.39, 0.29) is 6.10 Å². The first kappa shape index (κ1) is 15.4. The van der Waals surface area contributed by atoms with Gasteiger partial charge in [-0.25, -0.2) is 9.97 Å². The first-order valence-corrected chi connectivity index (χ1v) is 7.94. The van der Waals surface area contributed by atoms with Crippen LogP contribution in [-0.2, 0) is 11.2 Å². The third-order valence-electron chi connectivity index (χ3n) is 4.01. The normalized spacial score (nSPS) is 20.2. The third kappa shape index (κ3) is 3.55. The maximum Gasteiger partial charge on any atom is 0.157 e. The predicted molar refractivity (Wildman–Crippen MR) is 80.7 cm³/mol. The quantitative estimate of drug-likeness (QED) is 0.810. The van der Waals surface area contributed by atoms with Crippen LogP contribution in [0.1, 0.15) is 75.2 Å². The fraction of sp³-hybridized carbons (Fsp3) is 0.750. The van der Waals surface area contributed by atoms with Gasteiger partial charge in [-0.3, -0.25) is 0 Å². The third-order valence-corrected chi connectivity index (χ3v) is 4.01. The molecule has 20 heavy (non-hydrogen) atoms. The Morgan fingerprint density at radius 3 is 2.95 bits per heavy atom. The highest BCUT2D eigenvalue weighted by atomic mass is 16.5. The number of fused-ring (bicyclic) bond motifs is 1. The lowest BCUT2D eigenvalue weighted by Gasteiger charge is -2.19. The van der Waals surface area contributed by atoms with Crippen molar-refractivity contribution in [2.45, 2.75) is 64.5 Å². The van der Waals surface area contributed by atoms with Gasteiger partial charge in [-0.2, -0.15) is 0 Å². The summed E-state index contributed by atoms with van der Waals surface area (Å²) in [6, 6.07) is 0.401. The molecule has 1 aromatic rings. The maximum absolute atomic E-state index is 5.80. The molecular weight excluding hydrogens is 250 g/mol. The van der Waals surface area contributed by atoms with E-state index < -0.39 is 0 Å². The highest BCUT2D eigenvalue weighted by Gasteiger charge is 2.21. The molecule has 4 nitrogen and oxygen atoms in total. The van der Waals surface area contributed by atoms with Gasteiger partial charge in [0.25, 0.3) is 0 Å². The molecule has 2 atom stereocenters. The number of ether oxygens (including phenoxy) is 1. The van der Waals surface area contributed by atoms with E-state index in [0.717, 1.165) is 25.1 Å². The Bertz CT molecular complexity index is 416. The summed E-state index contributed by atoms with van der Waals surface area (Å²) in [6.07, 6.45) is 8.85. The minimum absolute atomic E-state index is 0.0478. The van der Waals surface area contributed by atoms with Crippen LogP contribution in [0.25, 0.3) is 0 Å². The number of hydrogen-bond acceptors (Lipinski definition) is 4. The molecule has 1 N–H and O–H groups in total. The van der Waals surface area contributed by atoms with Crippen molar-refractivity contribution >= 4 is 0 Å². The zero-order chi connectivity index (χ0) is 14.4. The molecule has 0 saturated carbocycles. The molecule has 0 bridgehead atoms. The van der Waals surface area contributed by atoms with Crippen LogP contribution in [0.15, 0.2) is 6.20 Å². The number of rotatable bonds is 6. The second kappa shape index (κ2) is 7.70. The summed E-state index contributed by atoms with van der Waals surface area (Å²) in [5, 5.41) is 3.39. The van der Waals surface area contributed by atoms with Gasteiger partial charge in [-0.05, 0) is 39.7 Å². The minimum Gasteiger partial charge on any atom is -0.371 e. The van der Waals surface area contributed by atoms with Crippen LogP contribution in [0.5, 0.6) is 0 Å². The van der Waals surface area contributed by atoms with Gasteiger partial charge in [0, 0.05) is 30.1 Å². The van der Waals surface area contributed by atoms with Crippen LogP contribution in [0.2, 0.25) is 0 Å². The lowest BCUT2D eigenvalue weighted by Crippen LogP contribution is -2.19. The highest BCUT2D eigenvalue weighted by molar-refractivity contribution is 5.23. The van der Waals surface area contributed by atoms with E-state index in [1.807, 2.05) is 20.2 Å². The van der Waals surface area contributed by atoms with Gasteiger partial charge >= 0.3 is 0 Å². The van der Waals surface area contributed by atoms with Crippen molar-refractivity contribution in [1.82, 2.24) is 15.3 Å². The number of aromatic nitrogens is 2. The molecule has 0 aliphatic heterocycles. The van der Waals surface area contributed by atoms with E-state index in [2.05, 4.69) is 17.2 Å². The van der Waals surface area contributed by atoms with Crippen molar-refractivity contribution < 1.29 is 4.74 Å². The second-order valence-electron chi connectivity index (χ2n) is 5.45. The molecular formula is C16H27N3O. The summed E-state index contributed by atoms with van der Waals surface area (Å²) in [5.74, 6) is 0.865. The molecule has 112 valence electrons. The summed E-state index contributed by atoms with van der Waals surface area (Å²) in [5.41, 5.74) is 2.49. The Labute approximate surface area is 122 Å². The Morgan fingerprint density at radius 2 is 2.25 bits per heavy atom. The fourth-order valence-corrected chi connectivity index (χ4v) is 2.93. The SMILES string of the molecule is CCCC(OCC)c1ncc2c(n1)CCCCC2NC. The van der Waals surface area contributed by atoms with Crippen LogP contribution in [-0.4, -0.2) is 23.6 Å². The number of nitrogens with one attached hydrogen (secondary N) is 1. The summed E-state index contributed by atoms with van der Waals surface area (Å²) < 4.78 is 5.80. The molecule has 0 saturated heterocycles. The number of nitrogens with zero attached hydrogens (tertiary/aromatic N) is 2. The van der Waals surface area contributed by atoms with Crippen LogP contribution >= 0.6 is 0 Å². The van der Waals surface area contributed by atoms with E-state index in [1.165, 1.54) is 30.5 Å². The Hall–Kier alpha value is -1.00. The van der Waals surface area contributed by atoms with E-state index in [0.29, 0.717) is 12.6 Å². The van der Waals surface area contributed by atoms with Gasteiger partial charge in [-0.1, -0.05) is 19.8 Å². The summed E-state index contributed by atoms with van der Waals surface area (Å²) in [7, 11) is 2.02. The summed E-state index contributed by atoms with van der Waals surface area (Å²) in [6.45, 7) is 4.92. The first-order chi connectivity index (χ1) is 9.80. The monoisotopic (exact) mass is 277 g/mol. The smallest absolute Gasteiger partial charge is 0.157 e. The lowest BCUT2D eigenvalue weighted by molar-refractivity contribution is 0.0491. The molecule has 0 fully saturated rings. The van der Waals surface area contributed by atoms with Gasteiger partial charge in [0.15, 0.2) is 5.82 Å². The molecule has 0 radical (unpaired) electrons. The van der Waals surface area contributed by atoms with Crippen molar-refractivity contribution in [3.8, 4) is 0 Å². The molecule has 0 spiro atoms. The van der Waals surface area contributed by atoms with Crippen molar-refractivity contribution in [3.63, 3.8) is 0 Å². The van der Waals surface area contributed by atoms with Crippen molar-refractivity contribution in [2.24, 2.45) is 0 Å². The predicted octanol–water partition coefficient (Wildman–Crippen LogP) is 3.34. The maximum atomic E-state index is 5.80. The van der Waals surface area contributed by atoms with Crippen LogP contribution in [0, 0.1) is 0 Å². The highest BCUT2D eigenvalue weighted by Crippen LogP contribution is 2.28. The van der Waals surface area contributed by atoms with Crippen molar-refractivity contribution in [1.29, 1.82) is 0 Å². The Balaban J connectivity index is 2.27. The van der Waals surface area contributed by atoms with Crippen LogP contribution in [0.3, 0.4) is 0 Å². The zero-order valence-electron chi connectivity index (χ0n) is 13.0. The fourth-order valence-electron chi connectivity index (χ4n) is 2.93. The van der Waals surface area contributed by atoms with Crippen molar-refractivity contribution in [3.05, 3.63) is 23.3 Å². The van der Waals surface area contributed by atoms with E-state index in [1.54, 1.807) is 0 Å². The molecule has 1 aromatic heterocycles. The minimum atomic E-state index is 0.0478. The van der Waals surface area contributed by atoms with E-state index in [9.17, 15) is 0 Å². The zero-order valence-corrected chi connectivity index (χ0v) is 13.0. The molecule has 1 aliphatic rings.